The van der Waals surface area contributed by atoms with Crippen molar-refractivity contribution in [1.82, 2.24) is 0 Å². The Balaban J connectivity index is 1.68. The first-order chi connectivity index (χ1) is 19.4. The van der Waals surface area contributed by atoms with Gasteiger partial charge in [-0.05, 0) is 94.8 Å². The maximum atomic E-state index is 3.90. The number of halogens is 4. The lowest BCUT2D eigenvalue weighted by Crippen LogP contribution is -1.93. The Morgan fingerprint density at radius 1 is 0.400 bits per heavy atom. The van der Waals surface area contributed by atoms with Crippen molar-refractivity contribution in [3.05, 3.63) is 126 Å². The summed E-state index contributed by atoms with van der Waals surface area (Å²) in [6.45, 7) is 3.68. The summed E-state index contributed by atoms with van der Waals surface area (Å²) in [5, 5.41) is 0. The summed E-state index contributed by atoms with van der Waals surface area (Å²) >= 11 is 15.5. The fraction of sp³-hybridized carbons (Fsp3) is 0.0556. The molecular formula is C36H22Br4. The maximum absolute atomic E-state index is 3.90. The molecule has 0 radical (unpaired) electrons. The smallest absolute Gasteiger partial charge is 0.0413 e. The highest BCUT2D eigenvalue weighted by atomic mass is 79.9. The molecule has 5 rings (SSSR count). The monoisotopic (exact) mass is 770 g/mol. The van der Waals surface area contributed by atoms with Crippen molar-refractivity contribution in [2.45, 2.75) is 13.8 Å². The Kier molecular flexibility index (Phi) is 9.14. The Hall–Kier alpha value is -2.86. The maximum Gasteiger partial charge on any atom is 0.0413 e. The van der Waals surface area contributed by atoms with E-state index in [2.05, 4.69) is 172 Å². The first kappa shape index (κ1) is 28.7. The Morgan fingerprint density at radius 2 is 0.750 bits per heavy atom. The molecule has 0 nitrogen and oxygen atoms in total. The van der Waals surface area contributed by atoms with Gasteiger partial charge < -0.3 is 0 Å². The van der Waals surface area contributed by atoms with E-state index in [-0.39, 0.29) is 0 Å². The van der Waals surface area contributed by atoms with Gasteiger partial charge in [-0.1, -0.05) is 136 Å². The molecule has 0 atom stereocenters. The molecule has 0 heterocycles. The van der Waals surface area contributed by atoms with E-state index in [4.69, 9.17) is 0 Å². The second kappa shape index (κ2) is 12.8. The zero-order valence-electron chi connectivity index (χ0n) is 21.7. The summed E-state index contributed by atoms with van der Waals surface area (Å²) in [6, 6.07) is 34.0. The third-order valence-corrected chi connectivity index (χ3v) is 9.16. The molecule has 5 aromatic rings. The number of benzene rings is 5. The standard InChI is InChI=1S/C36H22Br4/c1-3-11-25-17-29(33(37)18-26(25)12-4-2)31-21-36(40)32(22-35(31)39)30-19-27(23-13-7-5-8-14-23)28(20-34(30)38)24-15-9-6-10-16-24/h5-10,13-22H,1-2H3. The van der Waals surface area contributed by atoms with E-state index in [0.29, 0.717) is 0 Å². The van der Waals surface area contributed by atoms with E-state index >= 15 is 0 Å². The lowest BCUT2D eigenvalue weighted by Gasteiger charge is -2.18. The van der Waals surface area contributed by atoms with Gasteiger partial charge in [-0.15, -0.1) is 11.8 Å². The molecule has 0 N–H and O–H groups in total. The second-order valence-electron chi connectivity index (χ2n) is 9.05. The van der Waals surface area contributed by atoms with E-state index in [1.54, 1.807) is 0 Å². The molecule has 0 aliphatic rings. The summed E-state index contributed by atoms with van der Waals surface area (Å²) in [5.41, 5.74) is 10.8. The Morgan fingerprint density at radius 3 is 1.23 bits per heavy atom. The Labute approximate surface area is 269 Å². The van der Waals surface area contributed by atoms with Crippen LogP contribution in [-0.4, -0.2) is 0 Å². The highest BCUT2D eigenvalue weighted by molar-refractivity contribution is 9.11. The quantitative estimate of drug-likeness (QED) is 0.160. The van der Waals surface area contributed by atoms with Gasteiger partial charge in [0.15, 0.2) is 0 Å². The normalized spacial score (nSPS) is 10.3. The van der Waals surface area contributed by atoms with Crippen LogP contribution in [0.2, 0.25) is 0 Å². The first-order valence-corrected chi connectivity index (χ1v) is 15.7. The third kappa shape index (κ3) is 5.93. The van der Waals surface area contributed by atoms with Crippen LogP contribution in [0.15, 0.2) is 115 Å². The van der Waals surface area contributed by atoms with Crippen LogP contribution in [-0.2, 0) is 0 Å². The summed E-state index contributed by atoms with van der Waals surface area (Å²) in [4.78, 5) is 0. The minimum atomic E-state index is 0.911. The molecule has 194 valence electrons. The molecule has 0 saturated carbocycles. The van der Waals surface area contributed by atoms with Gasteiger partial charge in [0, 0.05) is 29.0 Å². The van der Waals surface area contributed by atoms with E-state index in [9.17, 15) is 0 Å². The lowest BCUT2D eigenvalue weighted by molar-refractivity contribution is 1.48. The zero-order valence-corrected chi connectivity index (χ0v) is 28.1. The summed E-state index contributed by atoms with van der Waals surface area (Å²) < 4.78 is 3.96. The lowest BCUT2D eigenvalue weighted by atomic mass is 9.90. The van der Waals surface area contributed by atoms with E-state index in [1.807, 2.05) is 26.0 Å². The van der Waals surface area contributed by atoms with Crippen LogP contribution in [0, 0.1) is 23.7 Å². The predicted octanol–water partition coefficient (Wildman–Crippen LogP) is 12.1. The van der Waals surface area contributed by atoms with Crippen LogP contribution in [0.4, 0.5) is 0 Å². The molecule has 0 amide bonds. The fourth-order valence-electron chi connectivity index (χ4n) is 4.71. The molecular weight excluding hydrogens is 752 g/mol. The molecule has 0 unspecified atom stereocenters. The second-order valence-corrected chi connectivity index (χ2v) is 12.5. The summed E-state index contributed by atoms with van der Waals surface area (Å²) in [6.07, 6.45) is 0. The van der Waals surface area contributed by atoms with E-state index < -0.39 is 0 Å². The van der Waals surface area contributed by atoms with E-state index in [1.165, 1.54) is 22.3 Å². The van der Waals surface area contributed by atoms with Crippen molar-refractivity contribution < 1.29 is 0 Å². The molecule has 5 aromatic carbocycles. The molecule has 0 spiro atoms. The first-order valence-electron chi connectivity index (χ1n) is 12.5. The highest BCUT2D eigenvalue weighted by Crippen LogP contribution is 2.45. The van der Waals surface area contributed by atoms with Crippen molar-refractivity contribution in [1.29, 1.82) is 0 Å². The topological polar surface area (TPSA) is 0 Å². The SMILES string of the molecule is CC#Cc1cc(Br)c(-c2cc(Br)c(-c3cc(-c4ccccc4)c(-c4ccccc4)cc3Br)cc2Br)cc1C#CC. The van der Waals surface area contributed by atoms with Crippen molar-refractivity contribution in [2.75, 3.05) is 0 Å². The molecule has 0 bridgehead atoms. The van der Waals surface area contributed by atoms with Gasteiger partial charge in [-0.2, -0.15) is 0 Å². The molecule has 0 aliphatic heterocycles. The molecule has 4 heteroatoms. The van der Waals surface area contributed by atoms with Gasteiger partial charge in [-0.3, -0.25) is 0 Å². The Bertz CT molecular complexity index is 1850. The van der Waals surface area contributed by atoms with Crippen LogP contribution in [0.25, 0.3) is 44.5 Å². The molecule has 0 fully saturated rings. The number of hydrogen-bond acceptors (Lipinski definition) is 0. The summed E-state index contributed by atoms with van der Waals surface area (Å²) in [7, 11) is 0. The van der Waals surface area contributed by atoms with Crippen LogP contribution in [0.1, 0.15) is 25.0 Å². The van der Waals surface area contributed by atoms with Crippen LogP contribution >= 0.6 is 63.7 Å². The van der Waals surface area contributed by atoms with Crippen molar-refractivity contribution in [3.8, 4) is 68.2 Å². The molecule has 0 aliphatic carbocycles. The largest absolute Gasteiger partial charge is 0.101 e. The summed E-state index contributed by atoms with van der Waals surface area (Å²) in [5.74, 6) is 12.4. The van der Waals surface area contributed by atoms with Crippen LogP contribution in [0.3, 0.4) is 0 Å². The molecule has 0 aromatic heterocycles. The van der Waals surface area contributed by atoms with Gasteiger partial charge in [0.25, 0.3) is 0 Å². The average molecular weight is 774 g/mol. The average Bonchev–Trinajstić information content (AvgIpc) is 2.97. The minimum absolute atomic E-state index is 0.911. The van der Waals surface area contributed by atoms with Gasteiger partial charge in [0.05, 0.1) is 0 Å². The number of hydrogen-bond donors (Lipinski definition) is 0. The third-order valence-electron chi connectivity index (χ3n) is 6.54. The van der Waals surface area contributed by atoms with Crippen LogP contribution in [0.5, 0.6) is 0 Å². The number of rotatable bonds is 4. The van der Waals surface area contributed by atoms with Gasteiger partial charge in [0.1, 0.15) is 0 Å². The van der Waals surface area contributed by atoms with Crippen LogP contribution < -0.4 is 0 Å². The van der Waals surface area contributed by atoms with E-state index in [0.717, 1.165) is 51.3 Å². The molecule has 0 saturated heterocycles. The van der Waals surface area contributed by atoms with Gasteiger partial charge in [0.2, 0.25) is 0 Å². The van der Waals surface area contributed by atoms with Gasteiger partial charge in [-0.25, -0.2) is 0 Å². The zero-order chi connectivity index (χ0) is 28.2. The predicted molar refractivity (Wildman–Crippen MR) is 184 cm³/mol. The highest BCUT2D eigenvalue weighted by Gasteiger charge is 2.18. The molecule has 40 heavy (non-hydrogen) atoms. The van der Waals surface area contributed by atoms with Gasteiger partial charge >= 0.3 is 0 Å². The van der Waals surface area contributed by atoms with Crippen molar-refractivity contribution in [2.24, 2.45) is 0 Å². The van der Waals surface area contributed by atoms with Crippen molar-refractivity contribution >= 4 is 63.7 Å². The fourth-order valence-corrected chi connectivity index (χ4v) is 6.94. The minimum Gasteiger partial charge on any atom is -0.101 e. The van der Waals surface area contributed by atoms with Crippen molar-refractivity contribution in [3.63, 3.8) is 0 Å².